The van der Waals surface area contributed by atoms with Gasteiger partial charge in [-0.3, -0.25) is 0 Å². The van der Waals surface area contributed by atoms with Gasteiger partial charge in [0, 0.05) is 31.2 Å². The number of hydrogen-bond donors (Lipinski definition) is 0. The van der Waals surface area contributed by atoms with Gasteiger partial charge < -0.3 is 4.74 Å². The third-order valence-corrected chi connectivity index (χ3v) is 6.55. The summed E-state index contributed by atoms with van der Waals surface area (Å²) in [7, 11) is 0. The van der Waals surface area contributed by atoms with E-state index in [2.05, 4.69) is 81.4 Å². The fraction of sp³-hybridized carbons (Fsp3) is 0.192. The number of rotatable bonds is 7. The molecule has 0 saturated heterocycles. The molecular formula is C26H26O2S2. The molecule has 0 atom stereocenters. The van der Waals surface area contributed by atoms with Gasteiger partial charge in [-0.2, -0.15) is 0 Å². The Hall–Kier alpha value is -2.43. The number of carbonyl (C=O) groups excluding carboxylic acids is 1. The van der Waals surface area contributed by atoms with Gasteiger partial charge in [-0.25, -0.2) is 4.79 Å². The van der Waals surface area contributed by atoms with Crippen LogP contribution in [-0.4, -0.2) is 12.6 Å². The molecule has 0 aliphatic rings. The first-order valence-electron chi connectivity index (χ1n) is 9.93. The predicted molar refractivity (Wildman–Crippen MR) is 127 cm³/mol. The minimum atomic E-state index is -0.323. The van der Waals surface area contributed by atoms with Crippen LogP contribution in [0.25, 0.3) is 6.08 Å². The summed E-state index contributed by atoms with van der Waals surface area (Å²) in [6.45, 7) is 8.47. The topological polar surface area (TPSA) is 26.3 Å². The van der Waals surface area contributed by atoms with Crippen LogP contribution >= 0.6 is 23.5 Å². The van der Waals surface area contributed by atoms with Crippen LogP contribution in [0, 0.1) is 20.8 Å². The molecule has 0 bridgehead atoms. The molecule has 0 N–H and O–H groups in total. The highest BCUT2D eigenvalue weighted by molar-refractivity contribution is 8.00. The van der Waals surface area contributed by atoms with Gasteiger partial charge in [-0.1, -0.05) is 58.9 Å². The van der Waals surface area contributed by atoms with Crippen molar-refractivity contribution in [3.05, 3.63) is 89.0 Å². The van der Waals surface area contributed by atoms with Crippen LogP contribution in [0.1, 0.15) is 29.2 Å². The fourth-order valence-electron chi connectivity index (χ4n) is 2.87. The number of hydrogen-bond acceptors (Lipinski definition) is 4. The highest BCUT2D eigenvalue weighted by atomic mass is 32.2. The van der Waals surface area contributed by atoms with E-state index in [1.165, 1.54) is 32.6 Å². The number of carbonyl (C=O) groups is 1. The van der Waals surface area contributed by atoms with Gasteiger partial charge in [0.25, 0.3) is 0 Å². The smallest absolute Gasteiger partial charge is 0.330 e. The maximum absolute atomic E-state index is 12.0. The van der Waals surface area contributed by atoms with Crippen LogP contribution in [0.5, 0.6) is 0 Å². The van der Waals surface area contributed by atoms with E-state index < -0.39 is 0 Å². The molecule has 0 aliphatic carbocycles. The molecule has 0 aromatic heterocycles. The molecule has 3 aromatic carbocycles. The fourth-order valence-corrected chi connectivity index (χ4v) is 5.06. The second-order valence-corrected chi connectivity index (χ2v) is 9.32. The lowest BCUT2D eigenvalue weighted by atomic mass is 10.1. The summed E-state index contributed by atoms with van der Waals surface area (Å²) in [5.41, 5.74) is 4.69. The highest BCUT2D eigenvalue weighted by Crippen LogP contribution is 2.40. The van der Waals surface area contributed by atoms with Crippen molar-refractivity contribution in [1.29, 1.82) is 0 Å². The van der Waals surface area contributed by atoms with E-state index in [1.54, 1.807) is 23.5 Å². The normalized spacial score (nSPS) is 11.1. The Balaban J connectivity index is 2.02. The average Bonchev–Trinajstić information content (AvgIpc) is 2.71. The van der Waals surface area contributed by atoms with E-state index >= 15 is 0 Å². The van der Waals surface area contributed by atoms with E-state index in [4.69, 9.17) is 4.74 Å². The molecule has 0 saturated carbocycles. The highest BCUT2D eigenvalue weighted by Gasteiger charge is 2.12. The summed E-state index contributed by atoms with van der Waals surface area (Å²) in [5, 5.41) is 0. The Morgan fingerprint density at radius 1 is 0.800 bits per heavy atom. The van der Waals surface area contributed by atoms with Crippen molar-refractivity contribution in [2.24, 2.45) is 0 Å². The van der Waals surface area contributed by atoms with E-state index in [9.17, 15) is 4.79 Å². The number of esters is 1. The maximum Gasteiger partial charge on any atom is 0.330 e. The van der Waals surface area contributed by atoms with E-state index in [1.807, 2.05) is 13.0 Å². The van der Waals surface area contributed by atoms with Crippen LogP contribution in [0.4, 0.5) is 0 Å². The van der Waals surface area contributed by atoms with E-state index in [-0.39, 0.29) is 5.97 Å². The zero-order chi connectivity index (χ0) is 21.5. The van der Waals surface area contributed by atoms with Crippen LogP contribution in [-0.2, 0) is 9.53 Å². The Kier molecular flexibility index (Phi) is 7.83. The molecule has 0 aliphatic heterocycles. The molecule has 154 valence electrons. The average molecular weight is 435 g/mol. The summed E-state index contributed by atoms with van der Waals surface area (Å²) in [6, 6.07) is 21.4. The standard InChI is InChI=1S/C26H26O2S2/c1-5-28-26(27)15-14-23-24(29-21-10-6-18(2)7-11-21)16-20(4)17-25(23)30-22-12-8-19(3)9-13-22/h6-17H,5H2,1-4H3/b15-14+. The van der Waals surface area contributed by atoms with Crippen molar-refractivity contribution in [1.82, 2.24) is 0 Å². The van der Waals surface area contributed by atoms with E-state index in [0.29, 0.717) is 6.61 Å². The van der Waals surface area contributed by atoms with Crippen molar-refractivity contribution in [2.75, 3.05) is 6.61 Å². The molecule has 0 amide bonds. The molecular weight excluding hydrogens is 408 g/mol. The van der Waals surface area contributed by atoms with Crippen molar-refractivity contribution in [3.63, 3.8) is 0 Å². The summed E-state index contributed by atoms with van der Waals surface area (Å²) >= 11 is 3.43. The number of benzene rings is 3. The lowest BCUT2D eigenvalue weighted by Crippen LogP contribution is -1.99. The van der Waals surface area contributed by atoms with E-state index in [0.717, 1.165) is 15.4 Å². The first-order valence-corrected chi connectivity index (χ1v) is 11.6. The van der Waals surface area contributed by atoms with Crippen LogP contribution in [0.2, 0.25) is 0 Å². The largest absolute Gasteiger partial charge is 0.463 e. The van der Waals surface area contributed by atoms with Gasteiger partial charge in [-0.15, -0.1) is 0 Å². The van der Waals surface area contributed by atoms with Crippen molar-refractivity contribution >= 4 is 35.6 Å². The van der Waals surface area contributed by atoms with Crippen LogP contribution in [0.3, 0.4) is 0 Å². The summed E-state index contributed by atoms with van der Waals surface area (Å²) < 4.78 is 5.09. The molecule has 0 fully saturated rings. The monoisotopic (exact) mass is 434 g/mol. The second-order valence-electron chi connectivity index (χ2n) is 7.09. The van der Waals surface area contributed by atoms with Gasteiger partial charge in [0.1, 0.15) is 0 Å². The van der Waals surface area contributed by atoms with Crippen molar-refractivity contribution < 1.29 is 9.53 Å². The molecule has 0 radical (unpaired) electrons. The Morgan fingerprint density at radius 3 is 1.70 bits per heavy atom. The second kappa shape index (κ2) is 10.6. The number of aryl methyl sites for hydroxylation is 3. The lowest BCUT2D eigenvalue weighted by Gasteiger charge is -2.14. The summed E-state index contributed by atoms with van der Waals surface area (Å²) in [6.07, 6.45) is 3.40. The quantitative estimate of drug-likeness (QED) is 0.284. The van der Waals surface area contributed by atoms with Gasteiger partial charge in [-0.05, 0) is 75.7 Å². The maximum atomic E-state index is 12.0. The Labute approximate surface area is 187 Å². The first kappa shape index (κ1) is 22.3. The van der Waals surface area contributed by atoms with Gasteiger partial charge in [0.15, 0.2) is 0 Å². The first-order chi connectivity index (χ1) is 14.4. The third-order valence-electron chi connectivity index (χ3n) is 4.42. The molecule has 30 heavy (non-hydrogen) atoms. The minimum Gasteiger partial charge on any atom is -0.463 e. The van der Waals surface area contributed by atoms with Crippen LogP contribution < -0.4 is 0 Å². The zero-order valence-corrected chi connectivity index (χ0v) is 19.4. The molecule has 3 rings (SSSR count). The van der Waals surface area contributed by atoms with Crippen LogP contribution in [0.15, 0.2) is 86.3 Å². The number of ether oxygens (including phenoxy) is 1. The summed E-state index contributed by atoms with van der Waals surface area (Å²) in [5.74, 6) is -0.323. The zero-order valence-electron chi connectivity index (χ0n) is 17.8. The third kappa shape index (κ3) is 6.28. The molecule has 0 unspecified atom stereocenters. The van der Waals surface area contributed by atoms with Gasteiger partial charge >= 0.3 is 5.97 Å². The molecule has 0 spiro atoms. The molecule has 0 heterocycles. The predicted octanol–water partition coefficient (Wildman–Crippen LogP) is 7.49. The Bertz CT molecular complexity index is 967. The lowest BCUT2D eigenvalue weighted by molar-refractivity contribution is -0.137. The van der Waals surface area contributed by atoms with Crippen molar-refractivity contribution in [2.45, 2.75) is 47.3 Å². The minimum absolute atomic E-state index is 0.323. The van der Waals surface area contributed by atoms with Gasteiger partial charge in [0.05, 0.1) is 6.61 Å². The summed E-state index contributed by atoms with van der Waals surface area (Å²) in [4.78, 5) is 16.6. The molecule has 3 aromatic rings. The van der Waals surface area contributed by atoms with Crippen molar-refractivity contribution in [3.8, 4) is 0 Å². The molecule has 4 heteroatoms. The van der Waals surface area contributed by atoms with Gasteiger partial charge in [0.2, 0.25) is 0 Å². The Morgan fingerprint density at radius 2 is 1.27 bits per heavy atom. The SMILES string of the molecule is CCOC(=O)/C=C/c1c(Sc2ccc(C)cc2)cc(C)cc1Sc1ccc(C)cc1. The molecule has 2 nitrogen and oxygen atoms in total.